The van der Waals surface area contributed by atoms with Gasteiger partial charge in [0, 0.05) is 19.5 Å². The van der Waals surface area contributed by atoms with Crippen molar-refractivity contribution in [2.45, 2.75) is 18.9 Å². The molecule has 9 heteroatoms. The third-order valence-electron chi connectivity index (χ3n) is 5.77. The van der Waals surface area contributed by atoms with Crippen LogP contribution in [0.3, 0.4) is 0 Å². The topological polar surface area (TPSA) is 105 Å². The van der Waals surface area contributed by atoms with Crippen molar-refractivity contribution in [1.29, 1.82) is 0 Å². The number of hydrogen-bond acceptors (Lipinski definition) is 6. The predicted molar refractivity (Wildman–Crippen MR) is 107 cm³/mol. The lowest BCUT2D eigenvalue weighted by Crippen LogP contribution is -2.46. The van der Waals surface area contributed by atoms with Crippen LogP contribution >= 0.6 is 0 Å². The van der Waals surface area contributed by atoms with Crippen LogP contribution in [0, 0.1) is 0 Å². The molecule has 0 aromatic heterocycles. The molecule has 5 amide bonds. The molecule has 0 radical (unpaired) electrons. The molecular weight excluding hydrogens is 402 g/mol. The highest BCUT2D eigenvalue weighted by atomic mass is 16.7. The molecule has 3 aliphatic heterocycles. The van der Waals surface area contributed by atoms with Gasteiger partial charge in [-0.2, -0.15) is 0 Å². The standard InChI is InChI=1S/C22H19N3O6/c1-22(11-13-6-7-16-17(10-13)31-12-30-16)20(28)25(21(29)23-22)9-8-24-18(26)14-4-2-3-5-15(14)19(24)27/h2-7,10H,8-9,11-12H2,1H3,(H,23,29)/t22-/m1/s1. The Morgan fingerprint density at radius 1 is 0.903 bits per heavy atom. The number of nitrogens with zero attached hydrogens (tertiary/aromatic N) is 2. The molecule has 3 aliphatic rings. The van der Waals surface area contributed by atoms with Crippen molar-refractivity contribution in [3.63, 3.8) is 0 Å². The number of carbonyl (C=O) groups is 4. The number of imide groups is 2. The molecular formula is C22H19N3O6. The predicted octanol–water partition coefficient (Wildman–Crippen LogP) is 1.56. The fourth-order valence-corrected chi connectivity index (χ4v) is 4.17. The minimum Gasteiger partial charge on any atom is -0.454 e. The normalized spacial score (nSPS) is 21.7. The van der Waals surface area contributed by atoms with Crippen LogP contribution in [0.5, 0.6) is 11.5 Å². The van der Waals surface area contributed by atoms with Crippen molar-refractivity contribution in [2.75, 3.05) is 19.9 Å². The maximum atomic E-state index is 13.1. The molecule has 3 heterocycles. The summed E-state index contributed by atoms with van der Waals surface area (Å²) in [7, 11) is 0. The molecule has 0 bridgehead atoms. The second-order valence-corrected chi connectivity index (χ2v) is 7.89. The minimum atomic E-state index is -1.15. The van der Waals surface area contributed by atoms with Gasteiger partial charge in [-0.05, 0) is 36.8 Å². The van der Waals surface area contributed by atoms with Crippen molar-refractivity contribution in [2.24, 2.45) is 0 Å². The van der Waals surface area contributed by atoms with E-state index in [0.29, 0.717) is 22.6 Å². The Kier molecular flexibility index (Phi) is 4.21. The lowest BCUT2D eigenvalue weighted by Gasteiger charge is -2.22. The molecule has 31 heavy (non-hydrogen) atoms. The van der Waals surface area contributed by atoms with Crippen molar-refractivity contribution >= 4 is 23.8 Å². The zero-order valence-corrected chi connectivity index (χ0v) is 16.7. The molecule has 5 rings (SSSR count). The van der Waals surface area contributed by atoms with Crippen LogP contribution in [-0.4, -0.2) is 59.0 Å². The highest BCUT2D eigenvalue weighted by Crippen LogP contribution is 2.34. The third-order valence-corrected chi connectivity index (χ3v) is 5.77. The number of hydrogen-bond donors (Lipinski definition) is 1. The number of ether oxygens (including phenoxy) is 2. The monoisotopic (exact) mass is 421 g/mol. The molecule has 1 saturated heterocycles. The van der Waals surface area contributed by atoms with E-state index < -0.39 is 29.3 Å². The minimum absolute atomic E-state index is 0.0639. The fraction of sp³-hybridized carbons (Fsp3) is 0.273. The van der Waals surface area contributed by atoms with Crippen LogP contribution < -0.4 is 14.8 Å². The molecule has 0 spiro atoms. The van der Waals surface area contributed by atoms with E-state index in [0.717, 1.165) is 15.4 Å². The Morgan fingerprint density at radius 2 is 1.55 bits per heavy atom. The summed E-state index contributed by atoms with van der Waals surface area (Å²) in [5, 5.41) is 2.74. The second kappa shape index (κ2) is 6.83. The molecule has 158 valence electrons. The molecule has 0 saturated carbocycles. The average Bonchev–Trinajstić information content (AvgIpc) is 3.37. The lowest BCUT2D eigenvalue weighted by molar-refractivity contribution is -0.130. The van der Waals surface area contributed by atoms with Gasteiger partial charge < -0.3 is 14.8 Å². The van der Waals surface area contributed by atoms with Crippen molar-refractivity contribution in [3.8, 4) is 11.5 Å². The number of nitrogens with one attached hydrogen (secondary N) is 1. The zero-order valence-electron chi connectivity index (χ0n) is 16.7. The first-order valence-electron chi connectivity index (χ1n) is 9.85. The summed E-state index contributed by atoms with van der Waals surface area (Å²) < 4.78 is 10.7. The molecule has 2 aromatic rings. The molecule has 2 aromatic carbocycles. The van der Waals surface area contributed by atoms with Crippen LogP contribution in [0.4, 0.5) is 4.79 Å². The summed E-state index contributed by atoms with van der Waals surface area (Å²) in [4.78, 5) is 52.7. The van der Waals surface area contributed by atoms with Crippen LogP contribution in [0.25, 0.3) is 0 Å². The Balaban J connectivity index is 1.28. The van der Waals surface area contributed by atoms with Gasteiger partial charge in [-0.1, -0.05) is 18.2 Å². The smallest absolute Gasteiger partial charge is 0.325 e. The Morgan fingerprint density at radius 3 is 2.26 bits per heavy atom. The van der Waals surface area contributed by atoms with Gasteiger partial charge in [-0.3, -0.25) is 24.2 Å². The van der Waals surface area contributed by atoms with Crippen molar-refractivity contribution < 1.29 is 28.7 Å². The number of fused-ring (bicyclic) bond motifs is 2. The highest BCUT2D eigenvalue weighted by Gasteiger charge is 2.48. The molecule has 9 nitrogen and oxygen atoms in total. The number of carbonyl (C=O) groups excluding carboxylic acids is 4. The van der Waals surface area contributed by atoms with E-state index in [2.05, 4.69) is 5.32 Å². The molecule has 1 N–H and O–H groups in total. The summed E-state index contributed by atoms with van der Waals surface area (Å²) in [5.41, 5.74) is 0.324. The van der Waals surface area contributed by atoms with E-state index in [9.17, 15) is 19.2 Å². The highest BCUT2D eigenvalue weighted by molar-refractivity contribution is 6.21. The number of benzene rings is 2. The van der Waals surface area contributed by atoms with E-state index in [1.807, 2.05) is 6.07 Å². The van der Waals surface area contributed by atoms with Gasteiger partial charge in [0.25, 0.3) is 17.7 Å². The van der Waals surface area contributed by atoms with E-state index in [4.69, 9.17) is 9.47 Å². The quantitative estimate of drug-likeness (QED) is 0.580. The maximum absolute atomic E-state index is 13.1. The van der Waals surface area contributed by atoms with Crippen molar-refractivity contribution in [1.82, 2.24) is 15.1 Å². The van der Waals surface area contributed by atoms with Gasteiger partial charge in [0.05, 0.1) is 11.1 Å². The van der Waals surface area contributed by atoms with Gasteiger partial charge in [0.15, 0.2) is 11.5 Å². The van der Waals surface area contributed by atoms with Gasteiger partial charge in [-0.25, -0.2) is 4.79 Å². The van der Waals surface area contributed by atoms with Gasteiger partial charge >= 0.3 is 6.03 Å². The SMILES string of the molecule is C[C@]1(Cc2ccc3c(c2)OCO3)NC(=O)N(CCN2C(=O)c3ccccc3C2=O)C1=O. The summed E-state index contributed by atoms with van der Waals surface area (Å²) in [5.74, 6) is -0.0167. The summed E-state index contributed by atoms with van der Waals surface area (Å²) in [6, 6.07) is 11.4. The largest absolute Gasteiger partial charge is 0.454 e. The van der Waals surface area contributed by atoms with Crippen LogP contribution in [0.2, 0.25) is 0 Å². The summed E-state index contributed by atoms with van der Waals surface area (Å²) in [6.45, 7) is 1.66. The zero-order chi connectivity index (χ0) is 21.8. The Bertz CT molecular complexity index is 1110. The van der Waals surface area contributed by atoms with E-state index in [-0.39, 0.29) is 26.3 Å². The first kappa shape index (κ1) is 19.1. The van der Waals surface area contributed by atoms with Gasteiger partial charge in [0.2, 0.25) is 6.79 Å². The number of urea groups is 1. The van der Waals surface area contributed by atoms with Crippen molar-refractivity contribution in [3.05, 3.63) is 59.2 Å². The van der Waals surface area contributed by atoms with Crippen LogP contribution in [0.1, 0.15) is 33.2 Å². The molecule has 0 unspecified atom stereocenters. The third kappa shape index (κ3) is 3.00. The molecule has 1 fully saturated rings. The molecule has 1 atom stereocenters. The van der Waals surface area contributed by atoms with Gasteiger partial charge in [0.1, 0.15) is 5.54 Å². The maximum Gasteiger partial charge on any atom is 0.325 e. The first-order chi connectivity index (χ1) is 14.9. The first-order valence-corrected chi connectivity index (χ1v) is 9.85. The summed E-state index contributed by atoms with van der Waals surface area (Å²) in [6.07, 6.45) is 0.262. The average molecular weight is 421 g/mol. The second-order valence-electron chi connectivity index (χ2n) is 7.89. The Hall–Kier alpha value is -3.88. The van der Waals surface area contributed by atoms with E-state index in [1.165, 1.54) is 0 Å². The number of rotatable bonds is 5. The van der Waals surface area contributed by atoms with Crippen LogP contribution in [-0.2, 0) is 11.2 Å². The number of amides is 5. The summed E-state index contributed by atoms with van der Waals surface area (Å²) >= 11 is 0. The Labute approximate surface area is 177 Å². The molecule has 0 aliphatic carbocycles. The van der Waals surface area contributed by atoms with Gasteiger partial charge in [-0.15, -0.1) is 0 Å². The van der Waals surface area contributed by atoms with E-state index in [1.54, 1.807) is 43.3 Å². The fourth-order valence-electron chi connectivity index (χ4n) is 4.17. The lowest BCUT2D eigenvalue weighted by atomic mass is 9.92. The van der Waals surface area contributed by atoms with Crippen LogP contribution in [0.15, 0.2) is 42.5 Å². The van der Waals surface area contributed by atoms with E-state index >= 15 is 0 Å².